The van der Waals surface area contributed by atoms with E-state index in [-0.39, 0.29) is 11.5 Å². The zero-order valence-corrected chi connectivity index (χ0v) is 20.5. The molecule has 0 aromatic carbocycles. The molecule has 0 aliphatic heterocycles. The van der Waals surface area contributed by atoms with Crippen LogP contribution in [0.25, 0.3) is 0 Å². The van der Waals surface area contributed by atoms with Crippen molar-refractivity contribution in [1.29, 1.82) is 0 Å². The highest BCUT2D eigenvalue weighted by molar-refractivity contribution is 5.12. The van der Waals surface area contributed by atoms with Gasteiger partial charge in [-0.1, -0.05) is 20.3 Å². The molecule has 0 radical (unpaired) electrons. The van der Waals surface area contributed by atoms with Crippen LogP contribution in [0.4, 0.5) is 0 Å². The Balaban J connectivity index is 1.39. The first-order valence-electron chi connectivity index (χ1n) is 13.8. The van der Waals surface area contributed by atoms with Gasteiger partial charge in [-0.3, -0.25) is 0 Å². The zero-order chi connectivity index (χ0) is 21.9. The van der Waals surface area contributed by atoms with Gasteiger partial charge in [0.15, 0.2) is 0 Å². The molecule has 0 aromatic heterocycles. The summed E-state index contributed by atoms with van der Waals surface area (Å²) in [6, 6.07) is 0. The molecule has 5 aliphatic carbocycles. The predicted octanol–water partition coefficient (Wildman–Crippen LogP) is 5.96. The standard InChI is InChI=1S/C28H48O3/c1-4-16-31-18-28-15-14-26(2,30)17-20(28)8-9-21-22-10-11-24(25(29)19-6-5-7-19)27(22,3)13-12-23(21)28/h19-25,29-30H,4-18H2,1-3H3/t20-,21+,22+,23+,24?,25?,26-,27+,28-/m1/s1. The molecule has 5 aliphatic rings. The Labute approximate surface area is 190 Å². The van der Waals surface area contributed by atoms with Gasteiger partial charge in [0.1, 0.15) is 0 Å². The van der Waals surface area contributed by atoms with E-state index in [1.54, 1.807) is 0 Å². The highest BCUT2D eigenvalue weighted by Gasteiger charge is 2.63. The number of aliphatic hydroxyl groups is 2. The van der Waals surface area contributed by atoms with Gasteiger partial charge in [-0.15, -0.1) is 0 Å². The van der Waals surface area contributed by atoms with Gasteiger partial charge in [-0.25, -0.2) is 0 Å². The monoisotopic (exact) mass is 432 g/mol. The molecule has 5 saturated carbocycles. The van der Waals surface area contributed by atoms with Crippen molar-refractivity contribution < 1.29 is 14.9 Å². The highest BCUT2D eigenvalue weighted by Crippen LogP contribution is 2.69. The molecule has 3 heteroatoms. The van der Waals surface area contributed by atoms with Gasteiger partial charge in [0, 0.05) is 6.61 Å². The summed E-state index contributed by atoms with van der Waals surface area (Å²) in [6.45, 7) is 8.63. The molecular formula is C28H48O3. The minimum atomic E-state index is -0.486. The van der Waals surface area contributed by atoms with E-state index >= 15 is 0 Å². The van der Waals surface area contributed by atoms with Gasteiger partial charge in [-0.2, -0.15) is 0 Å². The smallest absolute Gasteiger partial charge is 0.0622 e. The average molecular weight is 433 g/mol. The van der Waals surface area contributed by atoms with Crippen LogP contribution in [0.2, 0.25) is 0 Å². The quantitative estimate of drug-likeness (QED) is 0.509. The van der Waals surface area contributed by atoms with Crippen molar-refractivity contribution in [2.45, 2.75) is 116 Å². The fourth-order valence-corrected chi connectivity index (χ4v) is 9.63. The van der Waals surface area contributed by atoms with Crippen molar-refractivity contribution in [2.24, 2.45) is 46.3 Å². The minimum absolute atomic E-state index is 0.0525. The first-order valence-corrected chi connectivity index (χ1v) is 13.8. The Morgan fingerprint density at radius 2 is 1.74 bits per heavy atom. The topological polar surface area (TPSA) is 49.7 Å². The summed E-state index contributed by atoms with van der Waals surface area (Å²) in [4.78, 5) is 0. The molecule has 0 bridgehead atoms. The number of ether oxygens (including phenoxy) is 1. The van der Waals surface area contributed by atoms with E-state index < -0.39 is 5.60 Å². The molecule has 178 valence electrons. The van der Waals surface area contributed by atoms with Gasteiger partial charge in [0.05, 0.1) is 18.3 Å². The Morgan fingerprint density at radius 1 is 0.935 bits per heavy atom. The van der Waals surface area contributed by atoms with Crippen molar-refractivity contribution in [1.82, 2.24) is 0 Å². The third-order valence-corrected chi connectivity index (χ3v) is 11.5. The summed E-state index contributed by atoms with van der Waals surface area (Å²) in [5.74, 6) is 4.09. The molecule has 0 amide bonds. The maximum atomic E-state index is 11.3. The lowest BCUT2D eigenvalue weighted by Gasteiger charge is -2.63. The van der Waals surface area contributed by atoms with Crippen LogP contribution in [-0.2, 0) is 4.74 Å². The normalized spacial score (nSPS) is 50.8. The fourth-order valence-electron chi connectivity index (χ4n) is 9.63. The lowest BCUT2D eigenvalue weighted by molar-refractivity contribution is -0.182. The lowest BCUT2D eigenvalue weighted by Crippen LogP contribution is -2.58. The number of rotatable bonds is 6. The van der Waals surface area contributed by atoms with Gasteiger partial charge in [0.25, 0.3) is 0 Å². The zero-order valence-electron chi connectivity index (χ0n) is 20.5. The largest absolute Gasteiger partial charge is 0.393 e. The Morgan fingerprint density at radius 3 is 2.45 bits per heavy atom. The first-order chi connectivity index (χ1) is 14.8. The summed E-state index contributed by atoms with van der Waals surface area (Å²) in [6.07, 6.45) is 15.7. The second-order valence-corrected chi connectivity index (χ2v) is 13.0. The molecule has 31 heavy (non-hydrogen) atoms. The third kappa shape index (κ3) is 3.64. The number of hydrogen-bond acceptors (Lipinski definition) is 3. The molecule has 0 spiro atoms. The molecule has 3 nitrogen and oxygen atoms in total. The van der Waals surface area contributed by atoms with E-state index in [9.17, 15) is 10.2 Å². The highest BCUT2D eigenvalue weighted by atomic mass is 16.5. The SMILES string of the molecule is CCCOC[C@]12CC[C@@](C)(O)C[C@H]1CC[C@@H]1[C@@H]2CC[C@]2(C)C(C(O)C3CCC3)CC[C@@H]12. The van der Waals surface area contributed by atoms with E-state index in [1.165, 1.54) is 57.8 Å². The van der Waals surface area contributed by atoms with Gasteiger partial charge in [-0.05, 0) is 130 Å². The van der Waals surface area contributed by atoms with Crippen LogP contribution in [-0.4, -0.2) is 35.1 Å². The van der Waals surface area contributed by atoms with Crippen LogP contribution < -0.4 is 0 Å². The minimum Gasteiger partial charge on any atom is -0.393 e. The average Bonchev–Trinajstić information content (AvgIpc) is 3.04. The second kappa shape index (κ2) is 8.27. The Hall–Kier alpha value is -0.120. The third-order valence-electron chi connectivity index (χ3n) is 11.5. The van der Waals surface area contributed by atoms with Crippen molar-refractivity contribution in [3.8, 4) is 0 Å². The summed E-state index contributed by atoms with van der Waals surface area (Å²) >= 11 is 0. The van der Waals surface area contributed by atoms with Gasteiger partial charge in [0.2, 0.25) is 0 Å². The van der Waals surface area contributed by atoms with E-state index in [0.29, 0.717) is 23.2 Å². The molecule has 0 saturated heterocycles. The maximum Gasteiger partial charge on any atom is 0.0622 e. The van der Waals surface area contributed by atoms with E-state index in [4.69, 9.17) is 4.74 Å². The van der Waals surface area contributed by atoms with Crippen LogP contribution in [0.1, 0.15) is 104 Å². The molecule has 2 N–H and O–H groups in total. The Kier molecular flexibility index (Phi) is 6.05. The van der Waals surface area contributed by atoms with Crippen molar-refractivity contribution >= 4 is 0 Å². The molecule has 2 unspecified atom stereocenters. The van der Waals surface area contributed by atoms with Crippen molar-refractivity contribution in [3.63, 3.8) is 0 Å². The second-order valence-electron chi connectivity index (χ2n) is 13.0. The maximum absolute atomic E-state index is 11.3. The van der Waals surface area contributed by atoms with Gasteiger partial charge < -0.3 is 14.9 Å². The van der Waals surface area contributed by atoms with Crippen LogP contribution in [0.5, 0.6) is 0 Å². The van der Waals surface area contributed by atoms with Crippen molar-refractivity contribution in [3.05, 3.63) is 0 Å². The molecule has 0 aromatic rings. The molecule has 5 rings (SSSR count). The Bertz CT molecular complexity index is 642. The molecule has 9 atom stereocenters. The predicted molar refractivity (Wildman–Crippen MR) is 125 cm³/mol. The number of fused-ring (bicyclic) bond motifs is 5. The van der Waals surface area contributed by atoms with E-state index in [2.05, 4.69) is 20.8 Å². The molecule has 0 heterocycles. The molecule has 5 fully saturated rings. The summed E-state index contributed by atoms with van der Waals surface area (Å²) < 4.78 is 6.33. The first kappa shape index (κ1) is 22.7. The number of aliphatic hydroxyl groups excluding tert-OH is 1. The summed E-state index contributed by atoms with van der Waals surface area (Å²) in [7, 11) is 0. The van der Waals surface area contributed by atoms with Crippen LogP contribution in [0, 0.1) is 46.3 Å². The summed E-state index contributed by atoms with van der Waals surface area (Å²) in [5.41, 5.74) is 0.140. The van der Waals surface area contributed by atoms with E-state index in [1.807, 2.05) is 0 Å². The lowest BCUT2D eigenvalue weighted by atomic mass is 9.43. The van der Waals surface area contributed by atoms with Crippen LogP contribution in [0.15, 0.2) is 0 Å². The number of hydrogen-bond donors (Lipinski definition) is 2. The molecular weight excluding hydrogens is 384 g/mol. The van der Waals surface area contributed by atoms with Crippen LogP contribution in [0.3, 0.4) is 0 Å². The van der Waals surface area contributed by atoms with Crippen molar-refractivity contribution in [2.75, 3.05) is 13.2 Å². The summed E-state index contributed by atoms with van der Waals surface area (Å²) in [5, 5.41) is 22.2. The van der Waals surface area contributed by atoms with Gasteiger partial charge >= 0.3 is 0 Å². The fraction of sp³-hybridized carbons (Fsp3) is 1.00. The van der Waals surface area contributed by atoms with Crippen LogP contribution >= 0.6 is 0 Å². The van der Waals surface area contributed by atoms with E-state index in [0.717, 1.165) is 56.7 Å².